The van der Waals surface area contributed by atoms with Crippen LogP contribution in [0.2, 0.25) is 0 Å². The number of halogens is 2. The Hall–Kier alpha value is -1.90. The summed E-state index contributed by atoms with van der Waals surface area (Å²) in [7, 11) is 0. The SMILES string of the molecule is CCOCCCn1c(SCc2cc(F)ccc2Br)nc2cc(C(=O)OCC)ccc21. The van der Waals surface area contributed by atoms with Gasteiger partial charge in [-0.1, -0.05) is 27.7 Å². The first-order valence-electron chi connectivity index (χ1n) is 9.85. The zero-order valence-electron chi connectivity index (χ0n) is 17.0. The average molecular weight is 495 g/mol. The molecular weight excluding hydrogens is 471 g/mol. The number of hydrogen-bond acceptors (Lipinski definition) is 5. The van der Waals surface area contributed by atoms with Crippen molar-refractivity contribution in [1.29, 1.82) is 0 Å². The Kier molecular flexibility index (Phi) is 8.30. The molecule has 3 aromatic rings. The van der Waals surface area contributed by atoms with Crippen molar-refractivity contribution in [3.63, 3.8) is 0 Å². The zero-order valence-corrected chi connectivity index (χ0v) is 19.4. The van der Waals surface area contributed by atoms with Crippen molar-refractivity contribution >= 4 is 44.7 Å². The third kappa shape index (κ3) is 5.62. The lowest BCUT2D eigenvalue weighted by Gasteiger charge is -2.10. The molecule has 30 heavy (non-hydrogen) atoms. The predicted molar refractivity (Wildman–Crippen MR) is 120 cm³/mol. The molecule has 8 heteroatoms. The fraction of sp³-hybridized carbons (Fsp3) is 0.364. The molecule has 1 heterocycles. The van der Waals surface area contributed by atoms with Gasteiger partial charge in [0, 0.05) is 30.0 Å². The topological polar surface area (TPSA) is 53.4 Å². The number of carbonyl (C=O) groups excluding carboxylic acids is 1. The van der Waals surface area contributed by atoms with Gasteiger partial charge in [-0.15, -0.1) is 0 Å². The van der Waals surface area contributed by atoms with Crippen LogP contribution in [-0.4, -0.2) is 35.3 Å². The number of aryl methyl sites for hydroxylation is 1. The number of benzene rings is 2. The highest BCUT2D eigenvalue weighted by Crippen LogP contribution is 2.30. The standard InChI is InChI=1S/C22H24BrFN2O3S/c1-3-28-11-5-10-26-20-9-6-15(21(27)29-4-2)13-19(20)25-22(26)30-14-16-12-17(24)7-8-18(16)23/h6-9,12-13H,3-5,10-11,14H2,1-2H3. The maximum Gasteiger partial charge on any atom is 0.338 e. The second-order valence-electron chi connectivity index (χ2n) is 6.54. The second kappa shape index (κ2) is 10.9. The van der Waals surface area contributed by atoms with Gasteiger partial charge in [0.2, 0.25) is 0 Å². The van der Waals surface area contributed by atoms with Gasteiger partial charge in [-0.2, -0.15) is 0 Å². The Bertz CT molecular complexity index is 1030. The van der Waals surface area contributed by atoms with Crippen LogP contribution in [0.25, 0.3) is 11.0 Å². The molecule has 0 atom stereocenters. The Balaban J connectivity index is 1.89. The monoisotopic (exact) mass is 494 g/mol. The summed E-state index contributed by atoms with van der Waals surface area (Å²) in [6.45, 7) is 6.16. The number of fused-ring (bicyclic) bond motifs is 1. The van der Waals surface area contributed by atoms with Crippen LogP contribution < -0.4 is 0 Å². The van der Waals surface area contributed by atoms with Gasteiger partial charge in [0.25, 0.3) is 0 Å². The smallest absolute Gasteiger partial charge is 0.338 e. The second-order valence-corrected chi connectivity index (χ2v) is 8.34. The van der Waals surface area contributed by atoms with E-state index in [2.05, 4.69) is 20.5 Å². The number of rotatable bonds is 10. The summed E-state index contributed by atoms with van der Waals surface area (Å²) in [5, 5.41) is 0.818. The molecule has 0 N–H and O–H groups in total. The Morgan fingerprint density at radius 1 is 1.20 bits per heavy atom. The number of hydrogen-bond donors (Lipinski definition) is 0. The molecule has 0 radical (unpaired) electrons. The fourth-order valence-electron chi connectivity index (χ4n) is 3.04. The van der Waals surface area contributed by atoms with Crippen molar-refractivity contribution in [3.05, 3.63) is 57.8 Å². The maximum absolute atomic E-state index is 13.6. The summed E-state index contributed by atoms with van der Waals surface area (Å²) in [6, 6.07) is 10.1. The van der Waals surface area contributed by atoms with Crippen LogP contribution in [0, 0.1) is 5.82 Å². The molecule has 0 bridgehead atoms. The number of imidazole rings is 1. The molecule has 0 spiro atoms. The highest BCUT2D eigenvalue weighted by molar-refractivity contribution is 9.10. The molecular formula is C22H24BrFN2O3S. The van der Waals surface area contributed by atoms with Gasteiger partial charge in [-0.25, -0.2) is 14.2 Å². The third-order valence-electron chi connectivity index (χ3n) is 4.46. The van der Waals surface area contributed by atoms with Gasteiger partial charge in [-0.05, 0) is 62.2 Å². The maximum atomic E-state index is 13.6. The number of carbonyl (C=O) groups is 1. The summed E-state index contributed by atoms with van der Waals surface area (Å²) in [5.74, 6) is -0.0565. The quantitative estimate of drug-likeness (QED) is 0.201. The van der Waals surface area contributed by atoms with Crippen molar-refractivity contribution in [2.75, 3.05) is 19.8 Å². The largest absolute Gasteiger partial charge is 0.462 e. The van der Waals surface area contributed by atoms with E-state index in [1.807, 2.05) is 13.0 Å². The fourth-order valence-corrected chi connectivity index (χ4v) is 4.64. The summed E-state index contributed by atoms with van der Waals surface area (Å²) in [6.07, 6.45) is 0.843. The molecule has 0 amide bonds. The summed E-state index contributed by atoms with van der Waals surface area (Å²) >= 11 is 5.02. The van der Waals surface area contributed by atoms with Gasteiger partial charge in [0.05, 0.1) is 23.2 Å². The number of ether oxygens (including phenoxy) is 2. The van der Waals surface area contributed by atoms with E-state index in [1.54, 1.807) is 25.1 Å². The normalized spacial score (nSPS) is 11.2. The predicted octanol–water partition coefficient (Wildman–Crippen LogP) is 5.83. The van der Waals surface area contributed by atoms with E-state index >= 15 is 0 Å². The van der Waals surface area contributed by atoms with E-state index in [-0.39, 0.29) is 11.8 Å². The van der Waals surface area contributed by atoms with E-state index in [4.69, 9.17) is 14.5 Å². The minimum atomic E-state index is -0.358. The van der Waals surface area contributed by atoms with Gasteiger partial charge in [0.1, 0.15) is 5.82 Å². The third-order valence-corrected chi connectivity index (χ3v) is 6.26. The summed E-state index contributed by atoms with van der Waals surface area (Å²) in [5.41, 5.74) is 3.02. The van der Waals surface area contributed by atoms with Gasteiger partial charge in [0.15, 0.2) is 5.16 Å². The Morgan fingerprint density at radius 3 is 2.80 bits per heavy atom. The number of thioether (sulfide) groups is 1. The Labute approximate surface area is 188 Å². The van der Waals surface area contributed by atoms with Crippen molar-refractivity contribution in [1.82, 2.24) is 9.55 Å². The molecule has 160 valence electrons. The molecule has 0 saturated carbocycles. The van der Waals surface area contributed by atoms with Crippen molar-refractivity contribution in [3.8, 4) is 0 Å². The van der Waals surface area contributed by atoms with E-state index in [0.717, 1.165) is 39.2 Å². The average Bonchev–Trinajstić information content (AvgIpc) is 3.08. The lowest BCUT2D eigenvalue weighted by Crippen LogP contribution is -2.05. The lowest BCUT2D eigenvalue weighted by molar-refractivity contribution is 0.0526. The van der Waals surface area contributed by atoms with Crippen LogP contribution in [0.15, 0.2) is 46.0 Å². The molecule has 2 aromatic carbocycles. The van der Waals surface area contributed by atoms with E-state index < -0.39 is 0 Å². The number of nitrogens with zero attached hydrogens (tertiary/aromatic N) is 2. The highest BCUT2D eigenvalue weighted by Gasteiger charge is 2.15. The van der Waals surface area contributed by atoms with E-state index in [1.165, 1.54) is 23.9 Å². The molecule has 5 nitrogen and oxygen atoms in total. The van der Waals surface area contributed by atoms with Crippen LogP contribution in [0.1, 0.15) is 36.2 Å². The van der Waals surface area contributed by atoms with Crippen molar-refractivity contribution < 1.29 is 18.7 Å². The minimum Gasteiger partial charge on any atom is -0.462 e. The van der Waals surface area contributed by atoms with E-state index in [0.29, 0.717) is 31.1 Å². The molecule has 0 aliphatic rings. The van der Waals surface area contributed by atoms with Crippen molar-refractivity contribution in [2.45, 2.75) is 37.7 Å². The molecule has 0 aliphatic carbocycles. The first kappa shape index (κ1) is 22.8. The molecule has 0 aliphatic heterocycles. The van der Waals surface area contributed by atoms with Gasteiger partial charge < -0.3 is 14.0 Å². The van der Waals surface area contributed by atoms with Crippen molar-refractivity contribution in [2.24, 2.45) is 0 Å². The minimum absolute atomic E-state index is 0.266. The first-order chi connectivity index (χ1) is 14.5. The number of aromatic nitrogens is 2. The number of esters is 1. The van der Waals surface area contributed by atoms with Crippen LogP contribution >= 0.6 is 27.7 Å². The molecule has 0 saturated heterocycles. The molecule has 1 aromatic heterocycles. The summed E-state index contributed by atoms with van der Waals surface area (Å²) in [4.78, 5) is 16.8. The molecule has 0 fully saturated rings. The van der Waals surface area contributed by atoms with E-state index in [9.17, 15) is 9.18 Å². The Morgan fingerprint density at radius 2 is 2.03 bits per heavy atom. The van der Waals surface area contributed by atoms with Crippen LogP contribution in [0.5, 0.6) is 0 Å². The lowest BCUT2D eigenvalue weighted by atomic mass is 10.2. The van der Waals surface area contributed by atoms with Crippen LogP contribution in [0.3, 0.4) is 0 Å². The molecule has 3 rings (SSSR count). The van der Waals surface area contributed by atoms with Crippen LogP contribution in [0.4, 0.5) is 4.39 Å². The highest BCUT2D eigenvalue weighted by atomic mass is 79.9. The van der Waals surface area contributed by atoms with Crippen LogP contribution in [-0.2, 0) is 21.8 Å². The summed E-state index contributed by atoms with van der Waals surface area (Å²) < 4.78 is 27.2. The van der Waals surface area contributed by atoms with Gasteiger partial charge in [-0.3, -0.25) is 0 Å². The zero-order chi connectivity index (χ0) is 21.5. The molecule has 0 unspecified atom stereocenters. The first-order valence-corrected chi connectivity index (χ1v) is 11.6. The van der Waals surface area contributed by atoms with Gasteiger partial charge >= 0.3 is 5.97 Å².